The Balaban J connectivity index is 0.000000810. The zero-order valence-electron chi connectivity index (χ0n) is 5.68. The molecule has 1 aromatic rings. The maximum atomic E-state index is 5.54. The maximum absolute atomic E-state index is 5.54. The minimum atomic E-state index is 0. The summed E-state index contributed by atoms with van der Waals surface area (Å²) in [5.41, 5.74) is 1.31. The summed E-state index contributed by atoms with van der Waals surface area (Å²) in [6, 6.07) is 10.2. The molecule has 0 aliphatic rings. The Bertz CT molecular complexity index is 162. The van der Waals surface area contributed by atoms with Gasteiger partial charge in [0.25, 0.3) is 0 Å². The average molecular weight is 159 g/mol. The Morgan fingerprint density at radius 1 is 1.10 bits per heavy atom. The third kappa shape index (κ3) is 2.85. The molecule has 0 fully saturated rings. The standard InChI is InChI=1S/C8H9Cl.H2O/c9-7-6-8-4-2-1-3-5-8;/h1-5H,6-7H2;1H2. The highest BCUT2D eigenvalue weighted by Gasteiger charge is 1.85. The van der Waals surface area contributed by atoms with Crippen LogP contribution in [-0.2, 0) is 6.42 Å². The molecule has 0 spiro atoms. The van der Waals surface area contributed by atoms with Crippen molar-refractivity contribution in [1.29, 1.82) is 0 Å². The van der Waals surface area contributed by atoms with Gasteiger partial charge in [0, 0.05) is 5.88 Å². The topological polar surface area (TPSA) is 31.5 Å². The van der Waals surface area contributed by atoms with Crippen molar-refractivity contribution >= 4 is 11.6 Å². The van der Waals surface area contributed by atoms with Crippen molar-refractivity contribution in [2.24, 2.45) is 0 Å². The number of hydrogen-bond acceptors (Lipinski definition) is 0. The Morgan fingerprint density at radius 2 is 1.70 bits per heavy atom. The quantitative estimate of drug-likeness (QED) is 0.587. The molecule has 10 heavy (non-hydrogen) atoms. The minimum Gasteiger partial charge on any atom is -0.412 e. The molecule has 0 atom stereocenters. The molecule has 2 N–H and O–H groups in total. The smallest absolute Gasteiger partial charge is 0.0263 e. The summed E-state index contributed by atoms with van der Waals surface area (Å²) in [4.78, 5) is 0. The van der Waals surface area contributed by atoms with Gasteiger partial charge >= 0.3 is 0 Å². The van der Waals surface area contributed by atoms with E-state index < -0.39 is 0 Å². The Kier molecular flexibility index (Phi) is 4.99. The van der Waals surface area contributed by atoms with E-state index in [9.17, 15) is 0 Å². The summed E-state index contributed by atoms with van der Waals surface area (Å²) in [6.07, 6.45) is 0.975. The molecule has 0 aliphatic carbocycles. The van der Waals surface area contributed by atoms with Crippen LogP contribution in [0.5, 0.6) is 0 Å². The Hall–Kier alpha value is -0.530. The fraction of sp³-hybridized carbons (Fsp3) is 0.250. The minimum absolute atomic E-state index is 0. The van der Waals surface area contributed by atoms with Crippen LogP contribution in [-0.4, -0.2) is 11.4 Å². The van der Waals surface area contributed by atoms with E-state index in [1.807, 2.05) is 18.2 Å². The molecule has 2 heteroatoms. The van der Waals surface area contributed by atoms with Gasteiger partial charge in [0.1, 0.15) is 0 Å². The van der Waals surface area contributed by atoms with Crippen LogP contribution in [0, 0.1) is 0 Å². The van der Waals surface area contributed by atoms with Crippen LogP contribution in [0.2, 0.25) is 0 Å². The normalized spacial score (nSPS) is 8.50. The number of alkyl halides is 1. The lowest BCUT2D eigenvalue weighted by molar-refractivity contribution is 0.824. The van der Waals surface area contributed by atoms with Gasteiger partial charge in [-0.15, -0.1) is 11.6 Å². The monoisotopic (exact) mass is 158 g/mol. The largest absolute Gasteiger partial charge is 0.412 e. The van der Waals surface area contributed by atoms with Crippen LogP contribution in [0.3, 0.4) is 0 Å². The Morgan fingerprint density at radius 3 is 2.20 bits per heavy atom. The van der Waals surface area contributed by atoms with Crippen molar-refractivity contribution in [2.75, 3.05) is 5.88 Å². The molecule has 0 aromatic heterocycles. The van der Waals surface area contributed by atoms with Crippen molar-refractivity contribution in [3.63, 3.8) is 0 Å². The van der Waals surface area contributed by atoms with Crippen LogP contribution in [0.15, 0.2) is 30.3 Å². The van der Waals surface area contributed by atoms with E-state index >= 15 is 0 Å². The highest BCUT2D eigenvalue weighted by Crippen LogP contribution is 1.99. The predicted octanol–water partition coefficient (Wildman–Crippen LogP) is 1.64. The van der Waals surface area contributed by atoms with Crippen molar-refractivity contribution < 1.29 is 5.48 Å². The van der Waals surface area contributed by atoms with E-state index in [1.54, 1.807) is 0 Å². The second-order valence-corrected chi connectivity index (χ2v) is 2.30. The van der Waals surface area contributed by atoms with Crippen LogP contribution in [0.1, 0.15) is 5.56 Å². The number of hydrogen-bond donors (Lipinski definition) is 0. The number of benzene rings is 1. The fourth-order valence-corrected chi connectivity index (χ4v) is 0.972. The highest BCUT2D eigenvalue weighted by molar-refractivity contribution is 6.17. The molecule has 0 bridgehead atoms. The maximum Gasteiger partial charge on any atom is 0.0263 e. The van der Waals surface area contributed by atoms with Gasteiger partial charge in [-0.1, -0.05) is 30.3 Å². The van der Waals surface area contributed by atoms with Gasteiger partial charge in [0.05, 0.1) is 0 Å². The van der Waals surface area contributed by atoms with E-state index in [0.29, 0.717) is 5.88 Å². The Labute approximate surface area is 65.9 Å². The van der Waals surface area contributed by atoms with Crippen LogP contribution < -0.4 is 0 Å². The summed E-state index contributed by atoms with van der Waals surface area (Å²) in [5, 5.41) is 0. The van der Waals surface area contributed by atoms with Gasteiger partial charge in [-0.25, -0.2) is 0 Å². The van der Waals surface area contributed by atoms with E-state index in [0.717, 1.165) is 6.42 Å². The van der Waals surface area contributed by atoms with Crippen LogP contribution in [0.4, 0.5) is 0 Å². The molecule has 0 aliphatic heterocycles. The predicted molar refractivity (Wildman–Crippen MR) is 44.5 cm³/mol. The van der Waals surface area contributed by atoms with E-state index in [-0.39, 0.29) is 5.48 Å². The van der Waals surface area contributed by atoms with E-state index in [2.05, 4.69) is 12.1 Å². The van der Waals surface area contributed by atoms with Crippen molar-refractivity contribution in [2.45, 2.75) is 6.42 Å². The molecule has 1 aromatic carbocycles. The van der Waals surface area contributed by atoms with Gasteiger partial charge in [0.2, 0.25) is 0 Å². The first-order valence-electron chi connectivity index (χ1n) is 3.03. The van der Waals surface area contributed by atoms with E-state index in [4.69, 9.17) is 11.6 Å². The summed E-state index contributed by atoms with van der Waals surface area (Å²) < 4.78 is 0. The van der Waals surface area contributed by atoms with Crippen molar-refractivity contribution in [3.05, 3.63) is 35.9 Å². The molecule has 1 rings (SSSR count). The SMILES string of the molecule is ClCCc1ccccc1.O. The molecule has 1 nitrogen and oxygen atoms in total. The number of halogens is 1. The first-order chi connectivity index (χ1) is 4.43. The van der Waals surface area contributed by atoms with Crippen molar-refractivity contribution in [3.8, 4) is 0 Å². The molecule has 0 radical (unpaired) electrons. The molecule has 0 saturated carbocycles. The zero-order chi connectivity index (χ0) is 6.53. The number of rotatable bonds is 2. The van der Waals surface area contributed by atoms with Crippen LogP contribution >= 0.6 is 11.6 Å². The highest BCUT2D eigenvalue weighted by atomic mass is 35.5. The molecule has 0 unspecified atom stereocenters. The van der Waals surface area contributed by atoms with Gasteiger partial charge in [-0.2, -0.15) is 0 Å². The summed E-state index contributed by atoms with van der Waals surface area (Å²) in [7, 11) is 0. The summed E-state index contributed by atoms with van der Waals surface area (Å²) >= 11 is 5.54. The van der Waals surface area contributed by atoms with Gasteiger partial charge in [0.15, 0.2) is 0 Å². The lowest BCUT2D eigenvalue weighted by atomic mass is 10.2. The van der Waals surface area contributed by atoms with Crippen LogP contribution in [0.25, 0.3) is 0 Å². The number of aryl methyl sites for hydroxylation is 1. The molecule has 0 amide bonds. The molecule has 0 heterocycles. The molecular weight excluding hydrogens is 148 g/mol. The second-order valence-electron chi connectivity index (χ2n) is 1.92. The van der Waals surface area contributed by atoms with E-state index in [1.165, 1.54) is 5.56 Å². The average Bonchev–Trinajstić information content (AvgIpc) is 1.91. The van der Waals surface area contributed by atoms with Crippen molar-refractivity contribution in [1.82, 2.24) is 0 Å². The molecule has 0 saturated heterocycles. The molecule has 56 valence electrons. The molecular formula is C8H11ClO. The van der Waals surface area contributed by atoms with Gasteiger partial charge in [-0.05, 0) is 12.0 Å². The lowest BCUT2D eigenvalue weighted by Gasteiger charge is -1.92. The zero-order valence-corrected chi connectivity index (χ0v) is 6.43. The van der Waals surface area contributed by atoms with Gasteiger partial charge in [-0.3, -0.25) is 0 Å². The second kappa shape index (κ2) is 5.27. The van der Waals surface area contributed by atoms with Gasteiger partial charge < -0.3 is 5.48 Å². The first kappa shape index (κ1) is 9.47. The lowest BCUT2D eigenvalue weighted by Crippen LogP contribution is -1.82. The third-order valence-corrected chi connectivity index (χ3v) is 1.41. The summed E-state index contributed by atoms with van der Waals surface area (Å²) in [5.74, 6) is 0.712. The third-order valence-electron chi connectivity index (χ3n) is 1.23. The first-order valence-corrected chi connectivity index (χ1v) is 3.57. The fourth-order valence-electron chi connectivity index (χ4n) is 0.754. The summed E-state index contributed by atoms with van der Waals surface area (Å²) in [6.45, 7) is 0.